The number of aliphatic imine (C=N–C) groups is 1. The summed E-state index contributed by atoms with van der Waals surface area (Å²) in [5, 5.41) is 18.6. The first-order chi connectivity index (χ1) is 16.9. The highest BCUT2D eigenvalue weighted by molar-refractivity contribution is 5.82. The maximum absolute atomic E-state index is 13.0. The van der Waals surface area contributed by atoms with Crippen molar-refractivity contribution < 1.29 is 29.0 Å². The first-order valence-electron chi connectivity index (χ1n) is 11.9. The van der Waals surface area contributed by atoms with Gasteiger partial charge in [-0.15, -0.1) is 0 Å². The Bertz CT molecular complexity index is 929. The third kappa shape index (κ3) is 7.49. The molecule has 0 spiro atoms. The highest BCUT2D eigenvalue weighted by atomic mass is 16.5. The van der Waals surface area contributed by atoms with E-state index in [2.05, 4.69) is 20.9 Å². The van der Waals surface area contributed by atoms with Crippen molar-refractivity contribution in [2.75, 3.05) is 46.9 Å². The third-order valence-electron chi connectivity index (χ3n) is 6.26. The maximum atomic E-state index is 13.0. The lowest BCUT2D eigenvalue weighted by Crippen LogP contribution is -2.44. The number of carboxylic acids is 1. The smallest absolute Gasteiger partial charge is 0.305 e. The predicted molar refractivity (Wildman–Crippen MR) is 130 cm³/mol. The van der Waals surface area contributed by atoms with Crippen molar-refractivity contribution in [2.24, 2.45) is 10.9 Å². The molecule has 2 aliphatic rings. The molecule has 2 aliphatic heterocycles. The molecule has 1 saturated heterocycles. The number of methoxy groups -OCH3 is 2. The van der Waals surface area contributed by atoms with Crippen LogP contribution in [-0.4, -0.2) is 80.7 Å². The molecule has 1 atom stereocenters. The van der Waals surface area contributed by atoms with Crippen molar-refractivity contribution in [3.63, 3.8) is 0 Å². The number of carbonyl (C=O) groups excluding carboxylic acids is 2. The summed E-state index contributed by atoms with van der Waals surface area (Å²) < 4.78 is 10.6. The van der Waals surface area contributed by atoms with E-state index in [9.17, 15) is 19.5 Å². The fourth-order valence-corrected chi connectivity index (χ4v) is 4.30. The van der Waals surface area contributed by atoms with Crippen LogP contribution in [0.2, 0.25) is 0 Å². The Morgan fingerprint density at radius 3 is 2.57 bits per heavy atom. The van der Waals surface area contributed by atoms with Crippen molar-refractivity contribution in [3.05, 3.63) is 23.8 Å². The number of nitrogens with zero attached hydrogens (tertiary/aromatic N) is 2. The molecule has 1 aromatic carbocycles. The molecule has 2 heterocycles. The van der Waals surface area contributed by atoms with Crippen LogP contribution < -0.4 is 25.4 Å². The maximum Gasteiger partial charge on any atom is 0.305 e. The van der Waals surface area contributed by atoms with Gasteiger partial charge in [0.15, 0.2) is 17.5 Å². The van der Waals surface area contributed by atoms with E-state index in [0.29, 0.717) is 62.4 Å². The predicted octanol–water partition coefficient (Wildman–Crippen LogP) is 0.903. The van der Waals surface area contributed by atoms with E-state index in [1.807, 2.05) is 0 Å². The molecule has 11 nitrogen and oxygen atoms in total. The Balaban J connectivity index is 1.48. The number of amides is 2. The zero-order chi connectivity index (χ0) is 25.2. The Hall–Kier alpha value is -3.50. The van der Waals surface area contributed by atoms with Gasteiger partial charge in [0.2, 0.25) is 11.8 Å². The van der Waals surface area contributed by atoms with Gasteiger partial charge in [-0.1, -0.05) is 6.07 Å². The number of hydrogen-bond donors (Lipinski definition) is 4. The van der Waals surface area contributed by atoms with Gasteiger partial charge >= 0.3 is 5.97 Å². The molecule has 1 fully saturated rings. The molecule has 3 rings (SSSR count). The molecule has 35 heavy (non-hydrogen) atoms. The van der Waals surface area contributed by atoms with E-state index in [4.69, 9.17) is 9.47 Å². The number of guanidine groups is 1. The van der Waals surface area contributed by atoms with Gasteiger partial charge in [0.1, 0.15) is 0 Å². The zero-order valence-corrected chi connectivity index (χ0v) is 20.3. The van der Waals surface area contributed by atoms with Crippen LogP contribution >= 0.6 is 0 Å². The molecule has 0 aromatic heterocycles. The van der Waals surface area contributed by atoms with Crippen molar-refractivity contribution >= 4 is 23.7 Å². The minimum atomic E-state index is -1.02. The molecular formula is C24H35N5O6. The summed E-state index contributed by atoms with van der Waals surface area (Å²) in [6.45, 7) is 3.32. The monoisotopic (exact) mass is 489 g/mol. The summed E-state index contributed by atoms with van der Waals surface area (Å²) in [6, 6.07) is 4.39. The van der Waals surface area contributed by atoms with Crippen molar-refractivity contribution in [1.29, 1.82) is 0 Å². The van der Waals surface area contributed by atoms with Crippen LogP contribution in [0.15, 0.2) is 23.2 Å². The van der Waals surface area contributed by atoms with Crippen LogP contribution in [0.4, 0.5) is 0 Å². The molecule has 0 saturated carbocycles. The van der Waals surface area contributed by atoms with Gasteiger partial charge in [0.25, 0.3) is 0 Å². The van der Waals surface area contributed by atoms with Gasteiger partial charge in [-0.3, -0.25) is 19.4 Å². The van der Waals surface area contributed by atoms with Crippen molar-refractivity contribution in [1.82, 2.24) is 20.9 Å². The molecule has 11 heteroatoms. The third-order valence-corrected chi connectivity index (χ3v) is 6.26. The molecule has 0 radical (unpaired) electrons. The largest absolute Gasteiger partial charge is 0.493 e. The van der Waals surface area contributed by atoms with Gasteiger partial charge in [-0.25, -0.2) is 0 Å². The lowest BCUT2D eigenvalue weighted by molar-refractivity contribution is -0.139. The molecular weight excluding hydrogens is 454 g/mol. The highest BCUT2D eigenvalue weighted by Gasteiger charge is 2.29. The average Bonchev–Trinajstić information content (AvgIpc) is 3.39. The minimum absolute atomic E-state index is 0.0843. The van der Waals surface area contributed by atoms with E-state index in [-0.39, 0.29) is 24.2 Å². The molecule has 2 amide bonds. The number of rotatable bonds is 11. The summed E-state index contributed by atoms with van der Waals surface area (Å²) >= 11 is 0. The van der Waals surface area contributed by atoms with E-state index in [1.165, 1.54) is 14.2 Å². The second-order valence-corrected chi connectivity index (χ2v) is 8.62. The Morgan fingerprint density at radius 2 is 1.94 bits per heavy atom. The van der Waals surface area contributed by atoms with E-state index >= 15 is 0 Å². The summed E-state index contributed by atoms with van der Waals surface area (Å²) in [6.07, 6.45) is 1.98. The van der Waals surface area contributed by atoms with Crippen LogP contribution in [0.25, 0.3) is 0 Å². The number of benzene rings is 1. The second-order valence-electron chi connectivity index (χ2n) is 8.62. The summed E-state index contributed by atoms with van der Waals surface area (Å²) in [4.78, 5) is 43.0. The average molecular weight is 490 g/mol. The van der Waals surface area contributed by atoms with Gasteiger partial charge < -0.3 is 35.4 Å². The Morgan fingerprint density at radius 1 is 1.20 bits per heavy atom. The number of nitrogens with one attached hydrogen (secondary N) is 3. The lowest BCUT2D eigenvalue weighted by atomic mass is 9.94. The van der Waals surface area contributed by atoms with Crippen molar-refractivity contribution in [3.8, 4) is 11.5 Å². The quantitative estimate of drug-likeness (QED) is 0.336. The first-order valence-corrected chi connectivity index (χ1v) is 11.9. The number of hydrogen-bond acceptors (Lipinski definition) is 8. The number of carbonyl (C=O) groups is 3. The Labute approximate surface area is 205 Å². The van der Waals surface area contributed by atoms with Crippen LogP contribution in [0, 0.1) is 5.92 Å². The zero-order valence-electron chi connectivity index (χ0n) is 20.3. The molecule has 1 aromatic rings. The SMILES string of the molecule is COc1ccc(C(CC(=O)O)NC(=O)C2CCN(C(=O)CCCNC3=NCCN3)CC2)cc1OC. The normalized spacial score (nSPS) is 16.6. The molecule has 4 N–H and O–H groups in total. The first kappa shape index (κ1) is 26.1. The van der Waals surface area contributed by atoms with E-state index in [1.54, 1.807) is 23.1 Å². The highest BCUT2D eigenvalue weighted by Crippen LogP contribution is 2.31. The number of piperidine rings is 1. The van der Waals surface area contributed by atoms with Gasteiger partial charge in [-0.05, 0) is 37.0 Å². The van der Waals surface area contributed by atoms with Crippen LogP contribution in [0.3, 0.4) is 0 Å². The van der Waals surface area contributed by atoms with Crippen LogP contribution in [0.5, 0.6) is 11.5 Å². The fourth-order valence-electron chi connectivity index (χ4n) is 4.30. The van der Waals surface area contributed by atoms with Gasteiger partial charge in [0, 0.05) is 38.5 Å². The lowest BCUT2D eigenvalue weighted by Gasteiger charge is -2.32. The van der Waals surface area contributed by atoms with E-state index in [0.717, 1.165) is 19.0 Å². The number of carboxylic acid groups (broad SMARTS) is 1. The molecule has 0 bridgehead atoms. The van der Waals surface area contributed by atoms with Gasteiger partial charge in [0.05, 0.1) is 33.2 Å². The van der Waals surface area contributed by atoms with Crippen molar-refractivity contribution in [2.45, 2.75) is 38.1 Å². The molecule has 192 valence electrons. The molecule has 1 unspecified atom stereocenters. The van der Waals surface area contributed by atoms with Gasteiger partial charge in [-0.2, -0.15) is 0 Å². The standard InChI is InChI=1S/C24H35N5O6/c1-34-19-6-5-17(14-20(19)35-2)18(15-22(31)32)28-23(33)16-7-12-29(13-8-16)21(30)4-3-9-25-24-26-10-11-27-24/h5-6,14,16,18H,3-4,7-13,15H2,1-2H3,(H,28,33)(H,31,32)(H2,25,26,27). The summed E-state index contributed by atoms with van der Waals surface area (Å²) in [5.41, 5.74) is 0.624. The molecule has 0 aliphatic carbocycles. The number of likely N-dealkylation sites (tertiary alicyclic amines) is 1. The minimum Gasteiger partial charge on any atom is -0.493 e. The van der Waals surface area contributed by atoms with Crippen LogP contribution in [0.1, 0.15) is 43.7 Å². The van der Waals surface area contributed by atoms with E-state index < -0.39 is 12.0 Å². The number of ether oxygens (including phenoxy) is 2. The van der Waals surface area contributed by atoms with Crippen LogP contribution in [-0.2, 0) is 14.4 Å². The fraction of sp³-hybridized carbons (Fsp3) is 0.583. The Kier molecular flexibility index (Phi) is 9.56. The summed E-state index contributed by atoms with van der Waals surface area (Å²) in [5.74, 6) is 0.365. The number of aliphatic carboxylic acids is 1. The second kappa shape index (κ2) is 12.8. The summed E-state index contributed by atoms with van der Waals surface area (Å²) in [7, 11) is 3.02. The topological polar surface area (TPSA) is 142 Å².